The minimum atomic E-state index is -0.414. The minimum Gasteiger partial charge on any atom is -0.444 e. The van der Waals surface area contributed by atoms with Gasteiger partial charge in [0.05, 0.1) is 0 Å². The maximum atomic E-state index is 11.1. The molecular weight excluding hydrogens is 192 g/mol. The summed E-state index contributed by atoms with van der Waals surface area (Å²) < 4.78 is 5.04. The highest BCUT2D eigenvalue weighted by atomic mass is 16.6. The third-order valence-corrected chi connectivity index (χ3v) is 1.22. The fourth-order valence-electron chi connectivity index (χ4n) is 0.744. The monoisotopic (exact) mass is 218 g/mol. The molecule has 0 bridgehead atoms. The molecule has 4 nitrogen and oxygen atoms in total. The highest BCUT2D eigenvalue weighted by Crippen LogP contribution is 2.05. The van der Waals surface area contributed by atoms with E-state index in [1.54, 1.807) is 0 Å². The van der Waals surface area contributed by atoms with Crippen LogP contribution in [0.2, 0.25) is 0 Å². The van der Waals surface area contributed by atoms with Crippen molar-refractivity contribution in [2.75, 3.05) is 19.6 Å². The average Bonchev–Trinajstić information content (AvgIpc) is 2.13. The average molecular weight is 218 g/mol. The summed E-state index contributed by atoms with van der Waals surface area (Å²) in [5.74, 6) is 0. The van der Waals surface area contributed by atoms with E-state index in [9.17, 15) is 4.79 Å². The Kier molecular flexibility index (Phi) is 10.8. The Hall–Kier alpha value is -0.770. The molecule has 92 valence electrons. The van der Waals surface area contributed by atoms with Crippen LogP contribution in [0.15, 0.2) is 0 Å². The first-order valence-corrected chi connectivity index (χ1v) is 5.63. The predicted octanol–water partition coefficient (Wildman–Crippen LogP) is 2.15. The number of amides is 1. The van der Waals surface area contributed by atoms with Crippen molar-refractivity contribution < 1.29 is 9.53 Å². The summed E-state index contributed by atoms with van der Waals surface area (Å²) in [6, 6.07) is 0. The fraction of sp³-hybridized carbons (Fsp3) is 0.909. The quantitative estimate of drug-likeness (QED) is 0.711. The summed E-state index contributed by atoms with van der Waals surface area (Å²) in [5, 5.41) is 5.75. The SMILES string of the molecule is CC.CCNCCNC(=O)OC(C)(C)C. The number of nitrogens with one attached hydrogen (secondary N) is 2. The Morgan fingerprint density at radius 3 is 2.13 bits per heavy atom. The molecule has 2 N–H and O–H groups in total. The van der Waals surface area contributed by atoms with Crippen LogP contribution in [-0.4, -0.2) is 31.3 Å². The second-order valence-electron chi connectivity index (χ2n) is 3.78. The van der Waals surface area contributed by atoms with Gasteiger partial charge < -0.3 is 15.4 Å². The van der Waals surface area contributed by atoms with E-state index in [0.29, 0.717) is 6.54 Å². The molecule has 1 amide bonds. The van der Waals surface area contributed by atoms with Crippen molar-refractivity contribution in [1.82, 2.24) is 10.6 Å². The van der Waals surface area contributed by atoms with Gasteiger partial charge in [-0.25, -0.2) is 4.79 Å². The summed E-state index contributed by atoms with van der Waals surface area (Å²) >= 11 is 0. The second-order valence-corrected chi connectivity index (χ2v) is 3.78. The molecule has 0 radical (unpaired) electrons. The largest absolute Gasteiger partial charge is 0.444 e. The van der Waals surface area contributed by atoms with Gasteiger partial charge in [0, 0.05) is 13.1 Å². The molecule has 0 heterocycles. The molecular formula is C11H26N2O2. The molecule has 0 atom stereocenters. The van der Waals surface area contributed by atoms with Crippen LogP contribution in [0.4, 0.5) is 4.79 Å². The number of ether oxygens (including phenoxy) is 1. The Morgan fingerprint density at radius 1 is 1.20 bits per heavy atom. The van der Waals surface area contributed by atoms with Crippen molar-refractivity contribution in [3.8, 4) is 0 Å². The van der Waals surface area contributed by atoms with Gasteiger partial charge in [-0.2, -0.15) is 0 Å². The maximum absolute atomic E-state index is 11.1. The molecule has 4 heteroatoms. The van der Waals surface area contributed by atoms with Crippen LogP contribution in [-0.2, 0) is 4.74 Å². The highest BCUT2D eigenvalue weighted by Gasteiger charge is 2.15. The number of hydrogen-bond donors (Lipinski definition) is 2. The number of carbonyl (C=O) groups excluding carboxylic acids is 1. The molecule has 0 aromatic carbocycles. The molecule has 0 aromatic rings. The van der Waals surface area contributed by atoms with Gasteiger partial charge in [-0.3, -0.25) is 0 Å². The van der Waals surface area contributed by atoms with E-state index in [-0.39, 0.29) is 6.09 Å². The molecule has 0 aromatic heterocycles. The number of alkyl carbamates (subject to hydrolysis) is 1. The highest BCUT2D eigenvalue weighted by molar-refractivity contribution is 5.67. The molecule has 0 aliphatic rings. The summed E-state index contributed by atoms with van der Waals surface area (Å²) in [4.78, 5) is 11.1. The van der Waals surface area contributed by atoms with E-state index >= 15 is 0 Å². The Balaban J connectivity index is 0. The Bertz CT molecular complexity index is 153. The molecule has 0 unspecified atom stereocenters. The van der Waals surface area contributed by atoms with Gasteiger partial charge in [0.25, 0.3) is 0 Å². The molecule has 0 rings (SSSR count). The molecule has 0 spiro atoms. The Labute approximate surface area is 93.8 Å². The van der Waals surface area contributed by atoms with Crippen LogP contribution >= 0.6 is 0 Å². The zero-order valence-corrected chi connectivity index (χ0v) is 10.9. The maximum Gasteiger partial charge on any atom is 0.407 e. The zero-order valence-electron chi connectivity index (χ0n) is 10.9. The molecule has 0 aliphatic carbocycles. The van der Waals surface area contributed by atoms with Gasteiger partial charge in [-0.1, -0.05) is 20.8 Å². The molecule has 0 saturated carbocycles. The van der Waals surface area contributed by atoms with E-state index in [1.807, 2.05) is 41.5 Å². The number of hydrogen-bond acceptors (Lipinski definition) is 3. The van der Waals surface area contributed by atoms with Gasteiger partial charge >= 0.3 is 6.09 Å². The lowest BCUT2D eigenvalue weighted by Crippen LogP contribution is -2.36. The summed E-state index contributed by atoms with van der Waals surface area (Å²) in [6.45, 7) is 13.8. The molecule has 0 saturated heterocycles. The van der Waals surface area contributed by atoms with Crippen molar-refractivity contribution >= 4 is 6.09 Å². The predicted molar refractivity (Wildman–Crippen MR) is 64.1 cm³/mol. The Morgan fingerprint density at radius 2 is 1.73 bits per heavy atom. The first-order valence-electron chi connectivity index (χ1n) is 5.63. The van der Waals surface area contributed by atoms with Crippen LogP contribution < -0.4 is 10.6 Å². The van der Waals surface area contributed by atoms with Crippen molar-refractivity contribution in [3.63, 3.8) is 0 Å². The summed E-state index contributed by atoms with van der Waals surface area (Å²) in [6.07, 6.45) is -0.356. The lowest BCUT2D eigenvalue weighted by molar-refractivity contribution is 0.0528. The lowest BCUT2D eigenvalue weighted by Gasteiger charge is -2.19. The first kappa shape index (κ1) is 16.7. The third-order valence-electron chi connectivity index (χ3n) is 1.22. The van der Waals surface area contributed by atoms with Crippen molar-refractivity contribution in [1.29, 1.82) is 0 Å². The first-order chi connectivity index (χ1) is 6.95. The van der Waals surface area contributed by atoms with Crippen molar-refractivity contribution in [2.24, 2.45) is 0 Å². The molecule has 0 aliphatic heterocycles. The standard InChI is InChI=1S/C9H20N2O2.C2H6/c1-5-10-6-7-11-8(12)13-9(2,3)4;1-2/h10H,5-7H2,1-4H3,(H,11,12);1-2H3. The van der Waals surface area contributed by atoms with Crippen LogP contribution in [0.3, 0.4) is 0 Å². The normalized spacial score (nSPS) is 10.0. The van der Waals surface area contributed by atoms with Gasteiger partial charge in [0.15, 0.2) is 0 Å². The summed E-state index contributed by atoms with van der Waals surface area (Å²) in [7, 11) is 0. The van der Waals surface area contributed by atoms with Crippen LogP contribution in [0.5, 0.6) is 0 Å². The van der Waals surface area contributed by atoms with Gasteiger partial charge in [-0.15, -0.1) is 0 Å². The van der Waals surface area contributed by atoms with E-state index in [0.717, 1.165) is 13.1 Å². The van der Waals surface area contributed by atoms with Crippen molar-refractivity contribution in [2.45, 2.75) is 47.1 Å². The van der Waals surface area contributed by atoms with E-state index in [1.165, 1.54) is 0 Å². The van der Waals surface area contributed by atoms with Crippen LogP contribution in [0.1, 0.15) is 41.5 Å². The molecule has 0 fully saturated rings. The molecule has 15 heavy (non-hydrogen) atoms. The van der Waals surface area contributed by atoms with Gasteiger partial charge in [-0.05, 0) is 27.3 Å². The fourth-order valence-corrected chi connectivity index (χ4v) is 0.744. The van der Waals surface area contributed by atoms with Crippen LogP contribution in [0, 0.1) is 0 Å². The van der Waals surface area contributed by atoms with Gasteiger partial charge in [0.2, 0.25) is 0 Å². The van der Waals surface area contributed by atoms with E-state index < -0.39 is 5.60 Å². The van der Waals surface area contributed by atoms with E-state index in [4.69, 9.17) is 4.74 Å². The third kappa shape index (κ3) is 15.9. The van der Waals surface area contributed by atoms with E-state index in [2.05, 4.69) is 10.6 Å². The van der Waals surface area contributed by atoms with Crippen LogP contribution in [0.25, 0.3) is 0 Å². The lowest BCUT2D eigenvalue weighted by atomic mass is 10.2. The number of carbonyl (C=O) groups is 1. The number of likely N-dealkylation sites (N-methyl/N-ethyl adjacent to an activating group) is 1. The summed E-state index contributed by atoms with van der Waals surface area (Å²) in [5.41, 5.74) is -0.414. The smallest absolute Gasteiger partial charge is 0.407 e. The topological polar surface area (TPSA) is 50.4 Å². The zero-order chi connectivity index (χ0) is 12.3. The number of rotatable bonds is 4. The van der Waals surface area contributed by atoms with Gasteiger partial charge in [0.1, 0.15) is 5.60 Å². The second kappa shape index (κ2) is 9.77. The van der Waals surface area contributed by atoms with Crippen molar-refractivity contribution in [3.05, 3.63) is 0 Å². The minimum absolute atomic E-state index is 0.356.